The van der Waals surface area contributed by atoms with Crippen LogP contribution in [-0.2, 0) is 9.59 Å². The largest absolute Gasteiger partial charge is 0.573 e. The third kappa shape index (κ3) is 3.69. The van der Waals surface area contributed by atoms with E-state index >= 15 is 0 Å². The van der Waals surface area contributed by atoms with Gasteiger partial charge in [0.15, 0.2) is 0 Å². The van der Waals surface area contributed by atoms with Crippen molar-refractivity contribution in [2.45, 2.75) is 45.0 Å². The summed E-state index contributed by atoms with van der Waals surface area (Å²) in [5.74, 6) is -4.11. The molecule has 1 aliphatic heterocycles. The minimum atomic E-state index is -4.86. The van der Waals surface area contributed by atoms with E-state index in [9.17, 15) is 33.0 Å². The first-order valence-electron chi connectivity index (χ1n) is 8.54. The number of halogens is 3. The minimum Gasteiger partial charge on any atom is -0.478 e. The maximum absolute atomic E-state index is 12.4. The summed E-state index contributed by atoms with van der Waals surface area (Å²) >= 11 is 0. The summed E-state index contributed by atoms with van der Waals surface area (Å²) in [6, 6.07) is 4.65. The summed E-state index contributed by atoms with van der Waals surface area (Å²) in [5.41, 5.74) is 0.952. The number of carboxylic acid groups (broad SMARTS) is 2. The van der Waals surface area contributed by atoms with E-state index in [1.165, 1.54) is 12.1 Å². The van der Waals surface area contributed by atoms with E-state index in [0.29, 0.717) is 11.4 Å². The Bertz CT molecular complexity index is 844. The van der Waals surface area contributed by atoms with Gasteiger partial charge < -0.3 is 19.8 Å². The Balaban J connectivity index is 2.10. The topological polar surface area (TPSA) is 87.1 Å². The summed E-state index contributed by atoms with van der Waals surface area (Å²) in [4.78, 5) is 25.7. The summed E-state index contributed by atoms with van der Waals surface area (Å²) in [5, 5.41) is 19.6. The monoisotopic (exact) mass is 397 g/mol. The zero-order chi connectivity index (χ0) is 20.8. The van der Waals surface area contributed by atoms with Crippen molar-refractivity contribution in [3.05, 3.63) is 52.4 Å². The molecule has 1 aliphatic carbocycles. The number of benzene rings is 1. The number of hydrogen-bond donors (Lipinski definition) is 2. The van der Waals surface area contributed by atoms with Crippen LogP contribution in [0.15, 0.2) is 46.8 Å². The Labute approximate surface area is 158 Å². The van der Waals surface area contributed by atoms with Crippen LogP contribution in [-0.4, -0.2) is 39.5 Å². The van der Waals surface area contributed by atoms with E-state index in [1.54, 1.807) is 18.7 Å². The summed E-state index contributed by atoms with van der Waals surface area (Å²) < 4.78 is 40.9. The average Bonchev–Trinajstić information content (AvgIpc) is 3.37. The predicted molar refractivity (Wildman–Crippen MR) is 91.4 cm³/mol. The Morgan fingerprint density at radius 2 is 1.46 bits per heavy atom. The lowest BCUT2D eigenvalue weighted by molar-refractivity contribution is -0.274. The first-order chi connectivity index (χ1) is 13.0. The molecular weight excluding hydrogens is 379 g/mol. The van der Waals surface area contributed by atoms with Crippen LogP contribution in [0, 0.1) is 0 Å². The molecule has 0 atom stereocenters. The first kappa shape index (κ1) is 19.8. The molecule has 1 saturated carbocycles. The molecule has 0 amide bonds. The number of allylic oxidation sites excluding steroid dienone is 2. The van der Waals surface area contributed by atoms with Gasteiger partial charge >= 0.3 is 18.3 Å². The number of carbonyl (C=O) groups is 2. The Morgan fingerprint density at radius 3 is 1.82 bits per heavy atom. The molecule has 0 unspecified atom stereocenters. The summed E-state index contributed by atoms with van der Waals surface area (Å²) in [6.07, 6.45) is -3.19. The number of carboxylic acids is 2. The molecule has 0 radical (unpaired) electrons. The lowest BCUT2D eigenvalue weighted by Crippen LogP contribution is -2.35. The number of alkyl halides is 3. The molecule has 0 bridgehead atoms. The Kier molecular flexibility index (Phi) is 4.86. The van der Waals surface area contributed by atoms with Crippen molar-refractivity contribution in [1.29, 1.82) is 0 Å². The molecule has 1 heterocycles. The highest BCUT2D eigenvalue weighted by Gasteiger charge is 2.43. The van der Waals surface area contributed by atoms with E-state index in [2.05, 4.69) is 4.74 Å². The maximum atomic E-state index is 12.4. The van der Waals surface area contributed by atoms with Crippen LogP contribution in [0.1, 0.15) is 38.2 Å². The van der Waals surface area contributed by atoms with Crippen LogP contribution >= 0.6 is 0 Å². The molecule has 1 aromatic rings. The van der Waals surface area contributed by atoms with Gasteiger partial charge in [0.2, 0.25) is 0 Å². The average molecular weight is 397 g/mol. The highest BCUT2D eigenvalue weighted by molar-refractivity contribution is 5.98. The number of ether oxygens (including phenoxy) is 1. The van der Waals surface area contributed by atoms with Crippen LogP contribution < -0.4 is 4.74 Å². The summed E-state index contributed by atoms with van der Waals surface area (Å²) in [7, 11) is 0. The first-order valence-corrected chi connectivity index (χ1v) is 8.54. The van der Waals surface area contributed by atoms with Crippen molar-refractivity contribution < 1.29 is 37.7 Å². The fourth-order valence-corrected chi connectivity index (χ4v) is 3.71. The predicted octanol–water partition coefficient (Wildman–Crippen LogP) is 3.86. The molecule has 150 valence electrons. The Hall–Kier alpha value is -2.97. The number of hydrogen-bond acceptors (Lipinski definition) is 4. The van der Waals surface area contributed by atoms with Gasteiger partial charge in [-0.05, 0) is 44.4 Å². The highest BCUT2D eigenvalue weighted by atomic mass is 19.4. The number of rotatable bonds is 5. The second-order valence-electron chi connectivity index (χ2n) is 6.76. The molecule has 2 N–H and O–H groups in total. The van der Waals surface area contributed by atoms with Gasteiger partial charge in [0.05, 0.1) is 17.1 Å². The molecule has 1 fully saturated rings. The van der Waals surface area contributed by atoms with Crippen molar-refractivity contribution in [1.82, 2.24) is 4.90 Å². The molecule has 3 rings (SSSR count). The van der Waals surface area contributed by atoms with Gasteiger partial charge in [-0.1, -0.05) is 12.1 Å². The highest BCUT2D eigenvalue weighted by Crippen LogP contribution is 2.46. The minimum absolute atomic E-state index is 0.0622. The van der Waals surface area contributed by atoms with Crippen LogP contribution in [0.25, 0.3) is 0 Å². The third-order valence-corrected chi connectivity index (χ3v) is 4.90. The zero-order valence-electron chi connectivity index (χ0n) is 15.1. The van der Waals surface area contributed by atoms with E-state index in [-0.39, 0.29) is 22.8 Å². The van der Waals surface area contributed by atoms with Gasteiger partial charge in [-0.25, -0.2) is 9.59 Å². The van der Waals surface area contributed by atoms with E-state index in [0.717, 1.165) is 25.0 Å². The molecule has 1 aromatic carbocycles. The zero-order valence-corrected chi connectivity index (χ0v) is 15.1. The van der Waals surface area contributed by atoms with Gasteiger partial charge in [-0.2, -0.15) is 0 Å². The molecule has 6 nitrogen and oxygen atoms in total. The van der Waals surface area contributed by atoms with E-state index < -0.39 is 30.0 Å². The molecule has 28 heavy (non-hydrogen) atoms. The van der Waals surface area contributed by atoms with Gasteiger partial charge in [0, 0.05) is 17.4 Å². The normalized spacial score (nSPS) is 18.5. The lowest BCUT2D eigenvalue weighted by atomic mass is 9.79. The Morgan fingerprint density at radius 1 is 1.00 bits per heavy atom. The molecule has 0 aromatic heterocycles. The number of nitrogens with zero attached hydrogens (tertiary/aromatic N) is 1. The number of aliphatic carboxylic acids is 2. The van der Waals surface area contributed by atoms with E-state index in [4.69, 9.17) is 0 Å². The van der Waals surface area contributed by atoms with Crippen molar-refractivity contribution in [2.75, 3.05) is 0 Å². The standard InChI is InChI=1S/C19H18F3NO5/c1-9-14(17(24)25)16(11-3-7-13(8-4-11)28-19(20,21)22)15(18(26)27)10(2)23(9)12-5-6-12/h3-4,7-8,12,16H,5-6H2,1-2H3,(H,24,25)(H,26,27). The van der Waals surface area contributed by atoms with Crippen LogP contribution in [0.2, 0.25) is 0 Å². The van der Waals surface area contributed by atoms with Crippen LogP contribution in [0.4, 0.5) is 13.2 Å². The van der Waals surface area contributed by atoms with Crippen molar-refractivity contribution in [3.8, 4) is 5.75 Å². The fraction of sp³-hybridized carbons (Fsp3) is 0.368. The van der Waals surface area contributed by atoms with Crippen LogP contribution in [0.3, 0.4) is 0 Å². The van der Waals surface area contributed by atoms with Crippen LogP contribution in [0.5, 0.6) is 5.75 Å². The molecular formula is C19H18F3NO5. The fourth-order valence-electron chi connectivity index (χ4n) is 3.71. The van der Waals surface area contributed by atoms with Gasteiger partial charge in [-0.15, -0.1) is 13.2 Å². The SMILES string of the molecule is CC1=C(C(=O)O)C(c2ccc(OC(F)(F)F)cc2)C(C(=O)O)=C(C)N1C1CC1. The van der Waals surface area contributed by atoms with Crippen molar-refractivity contribution in [3.63, 3.8) is 0 Å². The third-order valence-electron chi connectivity index (χ3n) is 4.90. The molecule has 9 heteroatoms. The van der Waals surface area contributed by atoms with Crippen molar-refractivity contribution >= 4 is 11.9 Å². The van der Waals surface area contributed by atoms with E-state index in [1.807, 2.05) is 0 Å². The second kappa shape index (κ2) is 6.88. The van der Waals surface area contributed by atoms with Gasteiger partial charge in [0.25, 0.3) is 0 Å². The lowest BCUT2D eigenvalue weighted by Gasteiger charge is -2.37. The quantitative estimate of drug-likeness (QED) is 0.785. The van der Waals surface area contributed by atoms with Crippen molar-refractivity contribution in [2.24, 2.45) is 0 Å². The molecule has 0 saturated heterocycles. The second-order valence-corrected chi connectivity index (χ2v) is 6.76. The molecule has 0 spiro atoms. The smallest absolute Gasteiger partial charge is 0.478 e. The maximum Gasteiger partial charge on any atom is 0.573 e. The molecule has 2 aliphatic rings. The van der Waals surface area contributed by atoms with Gasteiger partial charge in [0.1, 0.15) is 5.75 Å². The van der Waals surface area contributed by atoms with Gasteiger partial charge in [-0.3, -0.25) is 0 Å². The summed E-state index contributed by atoms with van der Waals surface area (Å²) in [6.45, 7) is 3.25.